The number of cyclic esters (lactones) is 1. The third-order valence-corrected chi connectivity index (χ3v) is 8.61. The molecular weight excluding hydrogens is 474 g/mol. The Balaban J connectivity index is 1.46. The Morgan fingerprint density at radius 3 is 2.46 bits per heavy atom. The number of β-lactam (4-membered cyclic amide) rings is 1. The molecule has 182 valence electrons. The Hall–Kier alpha value is -3.57. The molecule has 3 heterocycles. The average Bonchev–Trinajstić information content (AvgIpc) is 3.27. The van der Waals surface area contributed by atoms with Crippen molar-refractivity contribution in [3.8, 4) is 5.75 Å². The molecule has 2 amide bonds. The number of fused-ring (bicyclic) bond motifs is 2. The molecule has 2 saturated heterocycles. The fourth-order valence-corrected chi connectivity index (χ4v) is 6.99. The molecular formula is C24H23N3O7S. The number of benzene rings is 2. The molecule has 2 aromatic carbocycles. The molecule has 5 rings (SSSR count). The second kappa shape index (κ2) is 7.72. The maximum Gasteiger partial charge on any atom is 0.339 e. The highest BCUT2D eigenvalue weighted by Crippen LogP contribution is 2.62. The number of carboxylic acid groups (broad SMARTS) is 1. The van der Waals surface area contributed by atoms with Crippen molar-refractivity contribution in [1.29, 1.82) is 0 Å². The van der Waals surface area contributed by atoms with Crippen molar-refractivity contribution >= 4 is 35.5 Å². The van der Waals surface area contributed by atoms with Crippen LogP contribution in [0, 0.1) is 0 Å². The number of rotatable bonds is 5. The van der Waals surface area contributed by atoms with Gasteiger partial charge >= 0.3 is 11.9 Å². The minimum Gasteiger partial charge on any atom is -0.508 e. The molecule has 0 aliphatic carbocycles. The van der Waals surface area contributed by atoms with E-state index >= 15 is 0 Å². The number of carbonyl (C=O) groups is 4. The number of phenols is 1. The summed E-state index contributed by atoms with van der Waals surface area (Å²) in [4.78, 5) is 52.8. The summed E-state index contributed by atoms with van der Waals surface area (Å²) in [5.41, 5.74) is 5.27. The van der Waals surface area contributed by atoms with E-state index in [1.54, 1.807) is 38.1 Å². The molecule has 5 N–H and O–H groups in total. The van der Waals surface area contributed by atoms with Gasteiger partial charge in [-0.25, -0.2) is 9.59 Å². The molecule has 35 heavy (non-hydrogen) atoms. The van der Waals surface area contributed by atoms with Gasteiger partial charge < -0.3 is 30.9 Å². The number of hydrogen-bond donors (Lipinski definition) is 4. The minimum absolute atomic E-state index is 0.0231. The summed E-state index contributed by atoms with van der Waals surface area (Å²) in [5.74, 6) is -3.13. The Labute approximate surface area is 204 Å². The van der Waals surface area contributed by atoms with Crippen LogP contribution in [0.1, 0.15) is 47.5 Å². The first-order valence-electron chi connectivity index (χ1n) is 10.9. The summed E-state index contributed by atoms with van der Waals surface area (Å²) in [5, 5.41) is 21.9. The number of carboxylic acids is 1. The van der Waals surface area contributed by atoms with Gasteiger partial charge in [0.1, 0.15) is 23.2 Å². The lowest BCUT2D eigenvalue weighted by Crippen LogP contribution is -2.77. The number of nitrogens with zero attached hydrogens (tertiary/aromatic N) is 1. The number of nitrogens with one attached hydrogen (secondary N) is 1. The molecule has 2 unspecified atom stereocenters. The van der Waals surface area contributed by atoms with Crippen LogP contribution >= 0.6 is 11.8 Å². The molecule has 3 aliphatic rings. The Morgan fingerprint density at radius 1 is 1.14 bits per heavy atom. The SMILES string of the molecule is CC1(C)S[C@@H]2[C@H](NC(=O)C(N)c3ccc(O)cc3)C(=O)N2[C@]1(C(=O)O)C1OC(=O)c2ccccc21. The maximum absolute atomic E-state index is 13.4. The lowest BCUT2D eigenvalue weighted by molar-refractivity contribution is -0.182. The molecule has 11 heteroatoms. The molecule has 10 nitrogen and oxygen atoms in total. The number of ether oxygens (including phenoxy) is 1. The number of amides is 2. The molecule has 0 spiro atoms. The van der Waals surface area contributed by atoms with Crippen LogP contribution < -0.4 is 11.1 Å². The highest BCUT2D eigenvalue weighted by Gasteiger charge is 2.77. The number of phenolic OH excluding ortho intramolecular Hbond substituents is 1. The van der Waals surface area contributed by atoms with Gasteiger partial charge in [-0.2, -0.15) is 0 Å². The van der Waals surface area contributed by atoms with Gasteiger partial charge in [0.2, 0.25) is 11.8 Å². The van der Waals surface area contributed by atoms with Gasteiger partial charge in [-0.1, -0.05) is 30.3 Å². The van der Waals surface area contributed by atoms with E-state index in [1.165, 1.54) is 40.9 Å². The van der Waals surface area contributed by atoms with Gasteiger partial charge in [0.15, 0.2) is 11.6 Å². The third kappa shape index (κ3) is 3.08. The van der Waals surface area contributed by atoms with Gasteiger partial charge in [0.05, 0.1) is 10.3 Å². The largest absolute Gasteiger partial charge is 0.508 e. The molecule has 3 aliphatic heterocycles. The van der Waals surface area contributed by atoms with E-state index in [0.717, 1.165) is 0 Å². The molecule has 0 saturated carbocycles. The molecule has 0 radical (unpaired) electrons. The van der Waals surface area contributed by atoms with E-state index in [1.807, 2.05) is 0 Å². The summed E-state index contributed by atoms with van der Waals surface area (Å²) in [6.07, 6.45) is -1.21. The zero-order chi connectivity index (χ0) is 25.3. The van der Waals surface area contributed by atoms with E-state index in [2.05, 4.69) is 5.32 Å². The quantitative estimate of drug-likeness (QED) is 0.353. The van der Waals surface area contributed by atoms with E-state index < -0.39 is 57.6 Å². The predicted octanol–water partition coefficient (Wildman–Crippen LogP) is 1.31. The van der Waals surface area contributed by atoms with E-state index in [4.69, 9.17) is 10.5 Å². The molecule has 2 fully saturated rings. The Bertz CT molecular complexity index is 1260. The normalized spacial score (nSPS) is 29.0. The topological polar surface area (TPSA) is 159 Å². The van der Waals surface area contributed by atoms with E-state index in [9.17, 15) is 29.4 Å². The van der Waals surface area contributed by atoms with Gasteiger partial charge in [-0.05, 0) is 37.6 Å². The van der Waals surface area contributed by atoms with Crippen LogP contribution in [0.5, 0.6) is 5.75 Å². The number of nitrogens with two attached hydrogens (primary N) is 1. The highest BCUT2D eigenvalue weighted by atomic mass is 32.2. The third-order valence-electron chi connectivity index (χ3n) is 6.98. The van der Waals surface area contributed by atoms with Crippen LogP contribution in [-0.4, -0.2) is 60.6 Å². The Morgan fingerprint density at radius 2 is 1.80 bits per heavy atom. The minimum atomic E-state index is -1.89. The number of thioether (sulfide) groups is 1. The first-order valence-corrected chi connectivity index (χ1v) is 11.8. The smallest absolute Gasteiger partial charge is 0.339 e. The monoisotopic (exact) mass is 497 g/mol. The van der Waals surface area contributed by atoms with Crippen molar-refractivity contribution in [1.82, 2.24) is 10.2 Å². The maximum atomic E-state index is 13.4. The molecule has 5 atom stereocenters. The van der Waals surface area contributed by atoms with Crippen LogP contribution in [0.15, 0.2) is 48.5 Å². The summed E-state index contributed by atoms with van der Waals surface area (Å²) in [7, 11) is 0. The van der Waals surface area contributed by atoms with Crippen LogP contribution in [-0.2, 0) is 19.1 Å². The summed E-state index contributed by atoms with van der Waals surface area (Å²) in [6, 6.07) is 10.2. The van der Waals surface area contributed by atoms with Crippen molar-refractivity contribution in [2.24, 2.45) is 5.73 Å². The zero-order valence-electron chi connectivity index (χ0n) is 18.8. The second-order valence-electron chi connectivity index (χ2n) is 9.23. The van der Waals surface area contributed by atoms with Crippen molar-refractivity contribution < 1.29 is 34.1 Å². The van der Waals surface area contributed by atoms with Crippen molar-refractivity contribution in [2.75, 3.05) is 0 Å². The van der Waals surface area contributed by atoms with Gasteiger partial charge in [-0.3, -0.25) is 9.59 Å². The second-order valence-corrected chi connectivity index (χ2v) is 11.0. The first-order chi connectivity index (χ1) is 16.5. The first kappa shape index (κ1) is 23.2. The lowest BCUT2D eigenvalue weighted by Gasteiger charge is -2.51. The van der Waals surface area contributed by atoms with E-state index in [0.29, 0.717) is 11.1 Å². The number of carbonyl (C=O) groups excluding carboxylic acids is 3. The van der Waals surface area contributed by atoms with Crippen LogP contribution in [0.3, 0.4) is 0 Å². The van der Waals surface area contributed by atoms with Crippen LogP contribution in [0.25, 0.3) is 0 Å². The lowest BCUT2D eigenvalue weighted by atomic mass is 9.74. The Kier molecular flexibility index (Phi) is 5.11. The van der Waals surface area contributed by atoms with Crippen LogP contribution in [0.2, 0.25) is 0 Å². The number of hydrogen-bond acceptors (Lipinski definition) is 8. The van der Waals surface area contributed by atoms with Gasteiger partial charge in [0, 0.05) is 5.56 Å². The summed E-state index contributed by atoms with van der Waals surface area (Å²) >= 11 is 1.22. The van der Waals surface area contributed by atoms with E-state index in [-0.39, 0.29) is 11.3 Å². The molecule has 0 bridgehead atoms. The summed E-state index contributed by atoms with van der Waals surface area (Å²) in [6.45, 7) is 3.38. The molecule has 2 aromatic rings. The fraction of sp³-hybridized carbons (Fsp3) is 0.333. The van der Waals surface area contributed by atoms with Crippen molar-refractivity contribution in [3.05, 3.63) is 65.2 Å². The summed E-state index contributed by atoms with van der Waals surface area (Å²) < 4.78 is 4.50. The standard InChI is InChI=1S/C24H23N3O7S/c1-23(2)24(22(32)33,17-13-5-3-4-6-14(13)21(31)34-17)27-19(30)16(20(27)35-23)26-18(29)15(25)11-7-9-12(28)10-8-11/h3-10,15-17,20,28H,25H2,1-2H3,(H,26,29)(H,32,33)/t15?,16-,17?,20-,24+/m1/s1. The van der Waals surface area contributed by atoms with Gasteiger partial charge in [0.25, 0.3) is 0 Å². The number of esters is 1. The number of aromatic hydroxyl groups is 1. The van der Waals surface area contributed by atoms with Crippen molar-refractivity contribution in [3.63, 3.8) is 0 Å². The van der Waals surface area contributed by atoms with Gasteiger partial charge in [-0.15, -0.1) is 11.8 Å². The fourth-order valence-electron chi connectivity index (χ4n) is 5.22. The van der Waals surface area contributed by atoms with Crippen molar-refractivity contribution in [2.45, 2.75) is 47.7 Å². The highest BCUT2D eigenvalue weighted by molar-refractivity contribution is 8.01. The number of aliphatic carboxylic acids is 1. The molecule has 0 aromatic heterocycles. The van der Waals surface area contributed by atoms with Crippen LogP contribution in [0.4, 0.5) is 0 Å². The zero-order valence-corrected chi connectivity index (χ0v) is 19.6. The predicted molar refractivity (Wildman–Crippen MR) is 124 cm³/mol. The average molecular weight is 498 g/mol.